The number of fused-ring (bicyclic) bond motifs is 1. The van der Waals surface area contributed by atoms with Crippen LogP contribution >= 0.6 is 0 Å². The van der Waals surface area contributed by atoms with E-state index in [1.807, 2.05) is 54.6 Å². The molecule has 2 aromatic carbocycles. The van der Waals surface area contributed by atoms with Crippen molar-refractivity contribution < 1.29 is 4.79 Å². The van der Waals surface area contributed by atoms with Crippen LogP contribution in [0, 0.1) is 0 Å². The molecule has 0 fully saturated rings. The smallest absolute Gasteiger partial charge is 0.253 e. The molecule has 1 amide bonds. The van der Waals surface area contributed by atoms with E-state index in [0.29, 0.717) is 17.8 Å². The Kier molecular flexibility index (Phi) is 4.53. The predicted octanol–water partition coefficient (Wildman–Crippen LogP) is 2.97. The summed E-state index contributed by atoms with van der Waals surface area (Å²) in [5, 5.41) is 3.02. The maximum Gasteiger partial charge on any atom is 0.253 e. The van der Waals surface area contributed by atoms with Crippen molar-refractivity contribution in [3.63, 3.8) is 0 Å². The summed E-state index contributed by atoms with van der Waals surface area (Å²) in [6, 6.07) is 20.2. The van der Waals surface area contributed by atoms with Crippen molar-refractivity contribution in [1.29, 1.82) is 0 Å². The molecule has 6 heteroatoms. The Morgan fingerprint density at radius 3 is 2.52 bits per heavy atom. The van der Waals surface area contributed by atoms with Gasteiger partial charge in [-0.2, -0.15) is 0 Å². The third-order valence-corrected chi connectivity index (χ3v) is 4.37. The van der Waals surface area contributed by atoms with Crippen molar-refractivity contribution >= 4 is 16.9 Å². The molecule has 0 aliphatic carbocycles. The normalized spacial score (nSPS) is 12.0. The molecule has 0 saturated carbocycles. The van der Waals surface area contributed by atoms with Crippen molar-refractivity contribution in [2.75, 3.05) is 0 Å². The number of benzene rings is 2. The van der Waals surface area contributed by atoms with E-state index < -0.39 is 0 Å². The van der Waals surface area contributed by atoms with Gasteiger partial charge in [-0.05, 0) is 30.2 Å². The predicted molar refractivity (Wildman–Crippen MR) is 104 cm³/mol. The number of hydrogen-bond acceptors (Lipinski definition) is 3. The number of carbonyl (C=O) groups excluding carboxylic acids is 1. The molecule has 4 aromatic rings. The number of amides is 1. The SMILES string of the molecule is O=C(N[C@H](Cc1ccccc1)c1nc2ccccc2[nH]1)c1ccc(=O)[nH]c1. The van der Waals surface area contributed by atoms with Gasteiger partial charge in [0, 0.05) is 12.3 Å². The number of para-hydroxylation sites is 2. The summed E-state index contributed by atoms with van der Waals surface area (Å²) in [7, 11) is 0. The average Bonchev–Trinajstić information content (AvgIpc) is 3.13. The number of pyridine rings is 1. The monoisotopic (exact) mass is 358 g/mol. The molecule has 2 aromatic heterocycles. The Morgan fingerprint density at radius 2 is 1.78 bits per heavy atom. The van der Waals surface area contributed by atoms with Crippen LogP contribution in [-0.2, 0) is 6.42 Å². The van der Waals surface area contributed by atoms with Crippen molar-refractivity contribution in [2.45, 2.75) is 12.5 Å². The first-order chi connectivity index (χ1) is 13.2. The van der Waals surface area contributed by atoms with Crippen LogP contribution in [0.1, 0.15) is 27.8 Å². The first-order valence-corrected chi connectivity index (χ1v) is 8.67. The Hall–Kier alpha value is -3.67. The highest BCUT2D eigenvalue weighted by molar-refractivity contribution is 5.94. The first kappa shape index (κ1) is 16.8. The van der Waals surface area contributed by atoms with Crippen molar-refractivity contribution in [1.82, 2.24) is 20.3 Å². The van der Waals surface area contributed by atoms with Gasteiger partial charge in [-0.3, -0.25) is 9.59 Å². The standard InChI is InChI=1S/C21H18N4O2/c26-19-11-10-15(13-22-19)21(27)25-18(12-14-6-2-1-3-7-14)20-23-16-8-4-5-9-17(16)24-20/h1-11,13,18H,12H2,(H,22,26)(H,23,24)(H,25,27)/t18-/m1/s1. The zero-order valence-electron chi connectivity index (χ0n) is 14.5. The molecular formula is C21H18N4O2. The molecule has 4 rings (SSSR count). The molecule has 0 bridgehead atoms. The van der Waals surface area contributed by atoms with Gasteiger partial charge in [-0.25, -0.2) is 4.98 Å². The van der Waals surface area contributed by atoms with Gasteiger partial charge in [-0.1, -0.05) is 42.5 Å². The molecule has 0 aliphatic rings. The maximum absolute atomic E-state index is 12.7. The van der Waals surface area contributed by atoms with Crippen LogP contribution < -0.4 is 10.9 Å². The minimum atomic E-state index is -0.334. The molecule has 0 radical (unpaired) electrons. The molecule has 0 unspecified atom stereocenters. The van der Waals surface area contributed by atoms with Gasteiger partial charge < -0.3 is 15.3 Å². The minimum Gasteiger partial charge on any atom is -0.342 e. The van der Waals surface area contributed by atoms with Crippen LogP contribution in [0.2, 0.25) is 0 Å². The summed E-state index contributed by atoms with van der Waals surface area (Å²) in [4.78, 5) is 34.4. The molecular weight excluding hydrogens is 340 g/mol. The van der Waals surface area contributed by atoms with Gasteiger partial charge in [0.15, 0.2) is 0 Å². The van der Waals surface area contributed by atoms with Crippen molar-refractivity contribution in [3.8, 4) is 0 Å². The lowest BCUT2D eigenvalue weighted by Crippen LogP contribution is -2.31. The number of nitrogens with one attached hydrogen (secondary N) is 3. The molecule has 3 N–H and O–H groups in total. The summed E-state index contributed by atoms with van der Waals surface area (Å²) < 4.78 is 0. The Labute approximate surface area is 155 Å². The van der Waals surface area contributed by atoms with Crippen molar-refractivity contribution in [2.24, 2.45) is 0 Å². The molecule has 2 heterocycles. The van der Waals surface area contributed by atoms with Gasteiger partial charge in [0.2, 0.25) is 5.56 Å². The number of aromatic nitrogens is 3. The van der Waals surface area contributed by atoms with Gasteiger partial charge in [0.25, 0.3) is 5.91 Å². The summed E-state index contributed by atoms with van der Waals surface area (Å²) in [6.45, 7) is 0. The largest absolute Gasteiger partial charge is 0.342 e. The van der Waals surface area contributed by atoms with E-state index in [1.165, 1.54) is 18.3 Å². The fourth-order valence-electron chi connectivity index (χ4n) is 3.00. The quantitative estimate of drug-likeness (QED) is 0.512. The Balaban J connectivity index is 1.65. The van der Waals surface area contributed by atoms with Crippen LogP contribution in [0.3, 0.4) is 0 Å². The van der Waals surface area contributed by atoms with Crippen LogP contribution in [-0.4, -0.2) is 20.9 Å². The number of carbonyl (C=O) groups is 1. The van der Waals surface area contributed by atoms with Crippen LogP contribution in [0.25, 0.3) is 11.0 Å². The van der Waals surface area contributed by atoms with Gasteiger partial charge >= 0.3 is 0 Å². The number of H-pyrrole nitrogens is 2. The van der Waals surface area contributed by atoms with Gasteiger partial charge in [0.1, 0.15) is 5.82 Å². The fraction of sp³-hybridized carbons (Fsp3) is 0.0952. The molecule has 0 spiro atoms. The van der Waals surface area contributed by atoms with E-state index in [9.17, 15) is 9.59 Å². The third kappa shape index (κ3) is 3.79. The number of imidazole rings is 1. The van der Waals surface area contributed by atoms with E-state index in [4.69, 9.17) is 0 Å². The lowest BCUT2D eigenvalue weighted by atomic mass is 10.0. The Morgan fingerprint density at radius 1 is 1.00 bits per heavy atom. The molecule has 0 saturated heterocycles. The van der Waals surface area contributed by atoms with Crippen molar-refractivity contribution in [3.05, 3.63) is 100 Å². The maximum atomic E-state index is 12.7. The summed E-state index contributed by atoms with van der Waals surface area (Å²) >= 11 is 0. The average molecular weight is 358 g/mol. The van der Waals surface area contributed by atoms with Gasteiger partial charge in [-0.15, -0.1) is 0 Å². The summed E-state index contributed by atoms with van der Waals surface area (Å²) in [6.07, 6.45) is 2.01. The zero-order chi connectivity index (χ0) is 18.6. The van der Waals surface area contributed by atoms with E-state index in [2.05, 4.69) is 20.3 Å². The van der Waals surface area contributed by atoms with Crippen LogP contribution in [0.5, 0.6) is 0 Å². The topological polar surface area (TPSA) is 90.6 Å². The number of aromatic amines is 2. The third-order valence-electron chi connectivity index (χ3n) is 4.37. The molecule has 0 aliphatic heterocycles. The summed E-state index contributed by atoms with van der Waals surface area (Å²) in [5.74, 6) is 0.422. The molecule has 1 atom stereocenters. The second-order valence-corrected chi connectivity index (χ2v) is 6.30. The molecule has 6 nitrogen and oxygen atoms in total. The number of hydrogen-bond donors (Lipinski definition) is 3. The Bertz CT molecular complexity index is 1080. The zero-order valence-corrected chi connectivity index (χ0v) is 14.5. The highest BCUT2D eigenvalue weighted by atomic mass is 16.2. The lowest BCUT2D eigenvalue weighted by molar-refractivity contribution is 0.0934. The first-order valence-electron chi connectivity index (χ1n) is 8.67. The number of rotatable bonds is 5. The second-order valence-electron chi connectivity index (χ2n) is 6.30. The van der Waals surface area contributed by atoms with Gasteiger partial charge in [0.05, 0.1) is 22.6 Å². The van der Waals surface area contributed by atoms with E-state index in [1.54, 1.807) is 0 Å². The van der Waals surface area contributed by atoms with E-state index in [0.717, 1.165) is 16.6 Å². The minimum absolute atomic E-state index is 0.246. The molecule has 27 heavy (non-hydrogen) atoms. The number of nitrogens with zero attached hydrogens (tertiary/aromatic N) is 1. The van der Waals surface area contributed by atoms with E-state index in [-0.39, 0.29) is 17.5 Å². The fourth-order valence-corrected chi connectivity index (χ4v) is 3.00. The lowest BCUT2D eigenvalue weighted by Gasteiger charge is -2.17. The second kappa shape index (κ2) is 7.29. The highest BCUT2D eigenvalue weighted by Crippen LogP contribution is 2.20. The molecule has 134 valence electrons. The van der Waals surface area contributed by atoms with Crippen LogP contribution in [0.15, 0.2) is 77.7 Å². The summed E-state index contributed by atoms with van der Waals surface area (Å²) in [5.41, 5.74) is 3.01. The van der Waals surface area contributed by atoms with Crippen LogP contribution in [0.4, 0.5) is 0 Å². The highest BCUT2D eigenvalue weighted by Gasteiger charge is 2.20. The van der Waals surface area contributed by atoms with E-state index >= 15 is 0 Å².